The van der Waals surface area contributed by atoms with Crippen LogP contribution >= 0.6 is 0 Å². The Morgan fingerprint density at radius 3 is 2.36 bits per heavy atom. The summed E-state index contributed by atoms with van der Waals surface area (Å²) in [4.78, 5) is 30.9. The zero-order valence-electron chi connectivity index (χ0n) is 20.2. The maximum Gasteiger partial charge on any atom is 0.434 e. The van der Waals surface area contributed by atoms with E-state index in [2.05, 4.69) is 4.99 Å². The molecule has 188 valence electrons. The van der Waals surface area contributed by atoms with E-state index in [0.717, 1.165) is 0 Å². The van der Waals surface area contributed by atoms with Crippen molar-refractivity contribution in [2.24, 2.45) is 27.7 Å². The van der Waals surface area contributed by atoms with Gasteiger partial charge in [0.05, 0.1) is 11.8 Å². The third kappa shape index (κ3) is 6.07. The zero-order chi connectivity index (χ0) is 25.0. The lowest BCUT2D eigenvalue weighted by Crippen LogP contribution is -2.56. The number of nitrogens with zero attached hydrogens (tertiary/aromatic N) is 2. The van der Waals surface area contributed by atoms with Gasteiger partial charge in [-0.25, -0.2) is 4.79 Å². The number of esters is 1. The standard InChI is InChI=1S/C23H35F3N2O5/c1-20(2,3)18(30)32-15-9-22-8-13(11-28(12-22)16(29)10-23(24,25)26)7-14(15)17(22)27-19(31)33-21(4,5)6/h13-16,29H,7-12H2,1-6H3/b27-17+/t13?,14-,15+,16?,22?/m0/s1. The van der Waals surface area contributed by atoms with Crippen LogP contribution in [-0.2, 0) is 14.3 Å². The van der Waals surface area contributed by atoms with Crippen molar-refractivity contribution in [3.05, 3.63) is 0 Å². The molecule has 3 fully saturated rings. The van der Waals surface area contributed by atoms with Crippen molar-refractivity contribution in [1.82, 2.24) is 4.90 Å². The van der Waals surface area contributed by atoms with Crippen LogP contribution in [0.2, 0.25) is 0 Å². The van der Waals surface area contributed by atoms with Crippen LogP contribution in [-0.4, -0.2) is 65.0 Å². The first kappa shape index (κ1) is 25.9. The number of hydrogen-bond acceptors (Lipinski definition) is 6. The van der Waals surface area contributed by atoms with Gasteiger partial charge in [0.1, 0.15) is 17.9 Å². The molecule has 3 aliphatic rings. The van der Waals surface area contributed by atoms with E-state index in [1.807, 2.05) is 0 Å². The van der Waals surface area contributed by atoms with Crippen molar-refractivity contribution >= 4 is 17.8 Å². The van der Waals surface area contributed by atoms with E-state index in [9.17, 15) is 27.9 Å². The molecule has 0 aromatic rings. The van der Waals surface area contributed by atoms with Crippen molar-refractivity contribution in [2.45, 2.75) is 91.3 Å². The molecule has 7 nitrogen and oxygen atoms in total. The fourth-order valence-corrected chi connectivity index (χ4v) is 5.37. The summed E-state index contributed by atoms with van der Waals surface area (Å²) >= 11 is 0. The molecule has 0 aromatic carbocycles. The number of halogens is 3. The molecule has 1 heterocycles. The second kappa shape index (κ2) is 8.52. The summed E-state index contributed by atoms with van der Waals surface area (Å²) in [5, 5.41) is 10.3. The van der Waals surface area contributed by atoms with E-state index in [-0.39, 0.29) is 24.3 Å². The number of piperidine rings is 1. The lowest BCUT2D eigenvalue weighted by atomic mass is 9.66. The minimum absolute atomic E-state index is 0.00237. The Morgan fingerprint density at radius 2 is 1.82 bits per heavy atom. The Balaban J connectivity index is 1.92. The third-order valence-electron chi connectivity index (χ3n) is 6.51. The second-order valence-corrected chi connectivity index (χ2v) is 11.8. The van der Waals surface area contributed by atoms with Gasteiger partial charge in [-0.2, -0.15) is 18.2 Å². The molecule has 1 aliphatic heterocycles. The highest BCUT2D eigenvalue weighted by Gasteiger charge is 2.61. The first-order valence-corrected chi connectivity index (χ1v) is 11.4. The van der Waals surface area contributed by atoms with Crippen LogP contribution in [0.4, 0.5) is 18.0 Å². The molecule has 2 aliphatic carbocycles. The minimum atomic E-state index is -4.50. The van der Waals surface area contributed by atoms with Crippen LogP contribution in [0.3, 0.4) is 0 Å². The SMILES string of the molecule is CC(C)(C)OC(=O)/N=C1\[C@H]2CC3CN(C(O)CC(F)(F)F)CC1(C3)C[C@H]2OC(=O)C(C)(C)C. The molecule has 5 atom stereocenters. The van der Waals surface area contributed by atoms with Crippen molar-refractivity contribution in [1.29, 1.82) is 0 Å². The van der Waals surface area contributed by atoms with E-state index in [0.29, 0.717) is 31.5 Å². The Labute approximate surface area is 192 Å². The molecule has 2 saturated carbocycles. The molecular weight excluding hydrogens is 441 g/mol. The maximum absolute atomic E-state index is 12.9. The molecule has 1 saturated heterocycles. The van der Waals surface area contributed by atoms with Crippen LogP contribution < -0.4 is 0 Å². The highest BCUT2D eigenvalue weighted by atomic mass is 19.4. The zero-order valence-corrected chi connectivity index (χ0v) is 20.2. The van der Waals surface area contributed by atoms with Crippen molar-refractivity contribution < 1.29 is 37.3 Å². The van der Waals surface area contributed by atoms with E-state index < -0.39 is 47.5 Å². The Bertz CT molecular complexity index is 814. The summed E-state index contributed by atoms with van der Waals surface area (Å²) in [6.07, 6.45) is -7.32. The van der Waals surface area contributed by atoms with Crippen LogP contribution in [0.1, 0.15) is 67.2 Å². The number of aliphatic hydroxyl groups excluding tert-OH is 1. The summed E-state index contributed by atoms with van der Waals surface area (Å²) in [5.74, 6) is -0.677. The number of rotatable bonds is 3. The molecule has 3 bridgehead atoms. The van der Waals surface area contributed by atoms with E-state index in [4.69, 9.17) is 9.47 Å². The van der Waals surface area contributed by atoms with Gasteiger partial charge in [0.15, 0.2) is 0 Å². The number of fused-ring (bicyclic) bond motifs is 2. The molecule has 0 radical (unpaired) electrons. The summed E-state index contributed by atoms with van der Waals surface area (Å²) in [6, 6.07) is 0. The van der Waals surface area contributed by atoms with Gasteiger partial charge >= 0.3 is 18.2 Å². The van der Waals surface area contributed by atoms with Gasteiger partial charge < -0.3 is 14.6 Å². The Kier molecular flexibility index (Phi) is 6.69. The Morgan fingerprint density at radius 1 is 1.18 bits per heavy atom. The lowest BCUT2D eigenvalue weighted by Gasteiger charge is -2.49. The number of hydrogen-bond donors (Lipinski definition) is 1. The highest BCUT2D eigenvalue weighted by Crippen LogP contribution is 2.56. The second-order valence-electron chi connectivity index (χ2n) is 11.8. The molecule has 1 amide bonds. The van der Waals surface area contributed by atoms with Gasteiger partial charge in [-0.05, 0) is 66.7 Å². The van der Waals surface area contributed by atoms with Gasteiger partial charge in [-0.3, -0.25) is 9.69 Å². The van der Waals surface area contributed by atoms with Crippen LogP contribution in [0.25, 0.3) is 0 Å². The molecule has 1 N–H and O–H groups in total. The first-order chi connectivity index (χ1) is 14.9. The molecule has 0 aromatic heterocycles. The molecule has 33 heavy (non-hydrogen) atoms. The smallest absolute Gasteiger partial charge is 0.434 e. The average molecular weight is 477 g/mol. The summed E-state index contributed by atoms with van der Waals surface area (Å²) < 4.78 is 50.0. The predicted molar refractivity (Wildman–Crippen MR) is 115 cm³/mol. The molecule has 10 heteroatoms. The van der Waals surface area contributed by atoms with Crippen LogP contribution in [0.5, 0.6) is 0 Å². The van der Waals surface area contributed by atoms with Gasteiger partial charge in [0, 0.05) is 30.1 Å². The summed E-state index contributed by atoms with van der Waals surface area (Å²) in [5.41, 5.74) is -1.71. The van der Waals surface area contributed by atoms with Gasteiger partial charge in [0.25, 0.3) is 0 Å². The van der Waals surface area contributed by atoms with Gasteiger partial charge in [0.2, 0.25) is 0 Å². The van der Waals surface area contributed by atoms with Crippen LogP contribution in [0.15, 0.2) is 4.99 Å². The van der Waals surface area contributed by atoms with E-state index in [1.54, 1.807) is 41.5 Å². The molecule has 1 spiro atoms. The summed E-state index contributed by atoms with van der Waals surface area (Å²) in [7, 11) is 0. The minimum Gasteiger partial charge on any atom is -0.461 e. The fourth-order valence-electron chi connectivity index (χ4n) is 5.37. The molecule has 3 unspecified atom stereocenters. The van der Waals surface area contributed by atoms with Crippen molar-refractivity contribution in [3.8, 4) is 0 Å². The average Bonchev–Trinajstić information content (AvgIpc) is 2.76. The highest BCUT2D eigenvalue weighted by molar-refractivity contribution is 6.02. The van der Waals surface area contributed by atoms with Crippen LogP contribution in [0, 0.1) is 22.7 Å². The van der Waals surface area contributed by atoms with Crippen molar-refractivity contribution in [3.63, 3.8) is 0 Å². The number of ether oxygens (including phenoxy) is 2. The number of carbonyl (C=O) groups excluding carboxylic acids is 2. The molecular formula is C23H35F3N2O5. The number of likely N-dealkylation sites (tertiary alicyclic amines) is 1. The largest absolute Gasteiger partial charge is 0.461 e. The van der Waals surface area contributed by atoms with E-state index >= 15 is 0 Å². The van der Waals surface area contributed by atoms with Gasteiger partial charge in [-0.1, -0.05) is 0 Å². The number of amides is 1. The number of carbonyl (C=O) groups is 2. The molecule has 3 rings (SSSR count). The third-order valence-corrected chi connectivity index (χ3v) is 6.51. The number of aliphatic hydroxyl groups is 1. The Hall–Kier alpha value is -1.68. The maximum atomic E-state index is 12.9. The monoisotopic (exact) mass is 476 g/mol. The normalized spacial score (nSPS) is 32.5. The first-order valence-electron chi connectivity index (χ1n) is 11.4. The van der Waals surface area contributed by atoms with E-state index in [1.165, 1.54) is 4.90 Å². The number of aliphatic imine (C=N–C) groups is 1. The topological polar surface area (TPSA) is 88.4 Å². The quantitative estimate of drug-likeness (QED) is 0.611. The van der Waals surface area contributed by atoms with Crippen molar-refractivity contribution in [2.75, 3.05) is 13.1 Å². The fraction of sp³-hybridized carbons (Fsp3) is 0.870. The summed E-state index contributed by atoms with van der Waals surface area (Å²) in [6.45, 7) is 10.8. The lowest BCUT2D eigenvalue weighted by molar-refractivity contribution is -0.181. The van der Waals surface area contributed by atoms with Gasteiger partial charge in [-0.15, -0.1) is 0 Å². The number of alkyl halides is 3. The predicted octanol–water partition coefficient (Wildman–Crippen LogP) is 4.32.